The van der Waals surface area contributed by atoms with Crippen LogP contribution in [0.25, 0.3) is 11.4 Å². The quantitative estimate of drug-likeness (QED) is 0.379. The van der Waals surface area contributed by atoms with Crippen molar-refractivity contribution >= 4 is 11.9 Å². The summed E-state index contributed by atoms with van der Waals surface area (Å²) < 4.78 is 21.3. The average molecular weight is 474 g/mol. The van der Waals surface area contributed by atoms with Gasteiger partial charge in [0.05, 0.1) is 19.8 Å². The summed E-state index contributed by atoms with van der Waals surface area (Å²) in [6, 6.07) is 16.4. The topological polar surface area (TPSA) is 126 Å². The van der Waals surface area contributed by atoms with E-state index in [4.69, 9.17) is 18.7 Å². The Morgan fingerprint density at radius 3 is 2.40 bits per heavy atom. The van der Waals surface area contributed by atoms with Gasteiger partial charge in [0, 0.05) is 17.8 Å². The first-order valence-electron chi connectivity index (χ1n) is 10.6. The lowest BCUT2D eigenvalue weighted by Gasteiger charge is -2.14. The smallest absolute Gasteiger partial charge is 0.343 e. The lowest BCUT2D eigenvalue weighted by atomic mass is 10.2. The minimum atomic E-state index is -0.660. The molecule has 10 nitrogen and oxygen atoms in total. The Balaban J connectivity index is 1.52. The zero-order valence-corrected chi connectivity index (χ0v) is 19.2. The third kappa shape index (κ3) is 5.27. The van der Waals surface area contributed by atoms with Gasteiger partial charge in [0.15, 0.2) is 11.4 Å². The Bertz CT molecular complexity index is 1320. The van der Waals surface area contributed by atoms with Gasteiger partial charge in [0.1, 0.15) is 11.8 Å². The van der Waals surface area contributed by atoms with E-state index >= 15 is 0 Å². The van der Waals surface area contributed by atoms with E-state index in [0.29, 0.717) is 17.1 Å². The fraction of sp³-hybridized carbons (Fsp3) is 0.160. The maximum atomic E-state index is 13.1. The van der Waals surface area contributed by atoms with Crippen molar-refractivity contribution in [3.63, 3.8) is 0 Å². The van der Waals surface area contributed by atoms with E-state index in [0.717, 1.165) is 5.56 Å². The van der Waals surface area contributed by atoms with Crippen LogP contribution in [0.15, 0.2) is 71.4 Å². The molecule has 0 aliphatic rings. The predicted octanol–water partition coefficient (Wildman–Crippen LogP) is 3.86. The van der Waals surface area contributed by atoms with Crippen molar-refractivity contribution in [2.45, 2.75) is 13.0 Å². The van der Waals surface area contributed by atoms with Gasteiger partial charge in [-0.05, 0) is 43.3 Å². The SMILES string of the molecule is COc1ccc(-c2noc([C@H](C)NC(=O)c3nccc(OC)c3OC(=O)c3ccccc3)n2)cc1. The highest BCUT2D eigenvalue weighted by Crippen LogP contribution is 2.31. The fourth-order valence-electron chi connectivity index (χ4n) is 3.17. The summed E-state index contributed by atoms with van der Waals surface area (Å²) in [5.41, 5.74) is 0.911. The molecule has 1 atom stereocenters. The molecular formula is C25H22N4O6. The normalized spacial score (nSPS) is 11.4. The first-order chi connectivity index (χ1) is 17.0. The Labute approximate surface area is 200 Å². The highest BCUT2D eigenvalue weighted by Gasteiger charge is 2.25. The van der Waals surface area contributed by atoms with Crippen molar-refractivity contribution in [1.82, 2.24) is 20.4 Å². The van der Waals surface area contributed by atoms with Crippen molar-refractivity contribution in [2.24, 2.45) is 0 Å². The molecule has 0 aliphatic heterocycles. The Morgan fingerprint density at radius 2 is 1.71 bits per heavy atom. The lowest BCUT2D eigenvalue weighted by molar-refractivity contribution is 0.0725. The van der Waals surface area contributed by atoms with E-state index in [1.165, 1.54) is 19.4 Å². The van der Waals surface area contributed by atoms with E-state index in [1.807, 2.05) is 0 Å². The minimum Gasteiger partial charge on any atom is -0.497 e. The number of ether oxygens (including phenoxy) is 3. The van der Waals surface area contributed by atoms with Crippen molar-refractivity contribution in [3.8, 4) is 28.6 Å². The molecule has 4 aromatic rings. The first kappa shape index (κ1) is 23.4. The van der Waals surface area contributed by atoms with Crippen LogP contribution in [-0.4, -0.2) is 41.2 Å². The summed E-state index contributed by atoms with van der Waals surface area (Å²) in [6.07, 6.45) is 1.38. The fourth-order valence-corrected chi connectivity index (χ4v) is 3.17. The molecule has 2 aromatic carbocycles. The van der Waals surface area contributed by atoms with Gasteiger partial charge in [-0.15, -0.1) is 0 Å². The molecule has 1 N–H and O–H groups in total. The van der Waals surface area contributed by atoms with Crippen LogP contribution in [0.3, 0.4) is 0 Å². The lowest BCUT2D eigenvalue weighted by Crippen LogP contribution is -2.28. The molecule has 0 saturated carbocycles. The monoisotopic (exact) mass is 474 g/mol. The molecule has 0 fully saturated rings. The summed E-state index contributed by atoms with van der Waals surface area (Å²) in [5.74, 6) is 0.0689. The molecule has 10 heteroatoms. The third-order valence-electron chi connectivity index (χ3n) is 5.02. The van der Waals surface area contributed by atoms with Crippen LogP contribution in [0.2, 0.25) is 0 Å². The van der Waals surface area contributed by atoms with Crippen LogP contribution in [0, 0.1) is 0 Å². The van der Waals surface area contributed by atoms with Crippen LogP contribution in [0.1, 0.15) is 39.7 Å². The van der Waals surface area contributed by atoms with Crippen molar-refractivity contribution in [3.05, 3.63) is 84.0 Å². The number of esters is 1. The molecule has 0 radical (unpaired) electrons. The summed E-state index contributed by atoms with van der Waals surface area (Å²) in [4.78, 5) is 34.1. The number of nitrogens with zero attached hydrogens (tertiary/aromatic N) is 3. The number of benzene rings is 2. The molecule has 35 heavy (non-hydrogen) atoms. The van der Waals surface area contributed by atoms with Crippen LogP contribution >= 0.6 is 0 Å². The number of hydrogen-bond donors (Lipinski definition) is 1. The number of aromatic nitrogens is 3. The number of pyridine rings is 1. The molecule has 4 rings (SSSR count). The number of methoxy groups -OCH3 is 2. The van der Waals surface area contributed by atoms with E-state index in [2.05, 4.69) is 20.4 Å². The van der Waals surface area contributed by atoms with E-state index in [9.17, 15) is 9.59 Å². The second kappa shape index (κ2) is 10.5. The summed E-state index contributed by atoms with van der Waals surface area (Å²) >= 11 is 0. The molecule has 0 bridgehead atoms. The number of carbonyl (C=O) groups is 2. The summed E-state index contributed by atoms with van der Waals surface area (Å²) in [5, 5.41) is 6.71. The van der Waals surface area contributed by atoms with Crippen molar-refractivity contribution < 1.29 is 28.3 Å². The molecule has 0 spiro atoms. The molecule has 2 aromatic heterocycles. The Morgan fingerprint density at radius 1 is 0.971 bits per heavy atom. The minimum absolute atomic E-state index is 0.0991. The van der Waals surface area contributed by atoms with Gasteiger partial charge in [0.2, 0.25) is 17.5 Å². The molecule has 0 aliphatic carbocycles. The Kier molecular flexibility index (Phi) is 7.01. The van der Waals surface area contributed by atoms with E-state index in [-0.39, 0.29) is 23.1 Å². The summed E-state index contributed by atoms with van der Waals surface area (Å²) in [7, 11) is 2.98. The number of nitrogens with one attached hydrogen (secondary N) is 1. The first-order valence-corrected chi connectivity index (χ1v) is 10.6. The zero-order chi connectivity index (χ0) is 24.8. The van der Waals surface area contributed by atoms with Gasteiger partial charge in [-0.25, -0.2) is 9.78 Å². The number of hydrogen-bond acceptors (Lipinski definition) is 9. The van der Waals surface area contributed by atoms with Gasteiger partial charge in [-0.1, -0.05) is 23.4 Å². The van der Waals surface area contributed by atoms with Crippen molar-refractivity contribution in [2.75, 3.05) is 14.2 Å². The highest BCUT2D eigenvalue weighted by molar-refractivity contribution is 5.98. The highest BCUT2D eigenvalue weighted by atomic mass is 16.6. The standard InChI is InChI=1S/C25H22N4O6/c1-15(24-28-22(29-35-24)16-9-11-18(32-2)12-10-16)27-23(30)20-21(19(33-3)13-14-26-20)34-25(31)17-7-5-4-6-8-17/h4-15H,1-3H3,(H,27,30)/t15-/m0/s1. The van der Waals surface area contributed by atoms with Gasteiger partial charge < -0.3 is 24.1 Å². The van der Waals surface area contributed by atoms with Crippen LogP contribution in [-0.2, 0) is 0 Å². The number of rotatable bonds is 8. The Hall–Kier alpha value is -4.73. The third-order valence-corrected chi connectivity index (χ3v) is 5.02. The van der Waals surface area contributed by atoms with Crippen molar-refractivity contribution in [1.29, 1.82) is 0 Å². The van der Waals surface area contributed by atoms with Gasteiger partial charge in [0.25, 0.3) is 5.91 Å². The maximum absolute atomic E-state index is 13.1. The molecular weight excluding hydrogens is 452 g/mol. The largest absolute Gasteiger partial charge is 0.497 e. The van der Waals surface area contributed by atoms with E-state index in [1.54, 1.807) is 68.6 Å². The zero-order valence-electron chi connectivity index (χ0n) is 19.2. The van der Waals surface area contributed by atoms with Gasteiger partial charge >= 0.3 is 5.97 Å². The van der Waals surface area contributed by atoms with Crippen LogP contribution in [0.4, 0.5) is 0 Å². The number of carbonyl (C=O) groups excluding carboxylic acids is 2. The summed E-state index contributed by atoms with van der Waals surface area (Å²) in [6.45, 7) is 1.68. The van der Waals surface area contributed by atoms with Crippen LogP contribution < -0.4 is 19.5 Å². The van der Waals surface area contributed by atoms with Gasteiger partial charge in [-0.2, -0.15) is 4.98 Å². The van der Waals surface area contributed by atoms with Crippen LogP contribution in [0.5, 0.6) is 17.2 Å². The maximum Gasteiger partial charge on any atom is 0.343 e. The molecule has 178 valence electrons. The van der Waals surface area contributed by atoms with E-state index < -0.39 is 17.9 Å². The second-order valence-electron chi connectivity index (χ2n) is 7.33. The molecule has 2 heterocycles. The molecule has 0 unspecified atom stereocenters. The average Bonchev–Trinajstić information content (AvgIpc) is 3.40. The predicted molar refractivity (Wildman–Crippen MR) is 124 cm³/mol. The second-order valence-corrected chi connectivity index (χ2v) is 7.33. The molecule has 1 amide bonds. The van der Waals surface area contributed by atoms with Gasteiger partial charge in [-0.3, -0.25) is 4.79 Å². The number of amides is 1. The molecule has 0 saturated heterocycles.